The highest BCUT2D eigenvalue weighted by atomic mass is 35.5. The van der Waals surface area contributed by atoms with Crippen molar-refractivity contribution in [2.45, 2.75) is 19.3 Å². The van der Waals surface area contributed by atoms with Crippen molar-refractivity contribution < 1.29 is 14.4 Å². The van der Waals surface area contributed by atoms with Crippen molar-refractivity contribution >= 4 is 29.3 Å². The van der Waals surface area contributed by atoms with Gasteiger partial charge in [0.15, 0.2) is 0 Å². The van der Waals surface area contributed by atoms with Gasteiger partial charge in [0.2, 0.25) is 11.8 Å². The Morgan fingerprint density at radius 3 is 2.69 bits per heavy atom. The summed E-state index contributed by atoms with van der Waals surface area (Å²) in [7, 11) is 0. The fraction of sp³-hybridized carbons (Fsp3) is 0.500. The van der Waals surface area contributed by atoms with Gasteiger partial charge in [-0.25, -0.2) is 0 Å². The second-order valence-corrected chi connectivity index (χ2v) is 4.27. The van der Waals surface area contributed by atoms with Crippen LogP contribution in [0.2, 0.25) is 0 Å². The van der Waals surface area contributed by atoms with Gasteiger partial charge in [0, 0.05) is 19.5 Å². The van der Waals surface area contributed by atoms with E-state index in [2.05, 4.69) is 5.32 Å². The molecule has 3 amide bonds. The molecule has 0 spiro atoms. The number of likely N-dealkylation sites (tertiary alicyclic amines) is 1. The first kappa shape index (κ1) is 11.1. The molecular formula is C10H11ClN2O3. The van der Waals surface area contributed by atoms with Gasteiger partial charge in [0.25, 0.3) is 5.91 Å². The zero-order valence-corrected chi connectivity index (χ0v) is 9.34. The first-order valence-corrected chi connectivity index (χ1v) is 5.45. The standard InChI is InChI=1S/C10H11ClN2O3/c11-9-6(4-7(14)12-10(9)16)5-13-3-1-2-8(13)15/h1-5H2,(H,12,14,16). The van der Waals surface area contributed by atoms with Gasteiger partial charge in [-0.3, -0.25) is 19.7 Å². The Bertz CT molecular complexity index is 403. The summed E-state index contributed by atoms with van der Waals surface area (Å²) in [5.41, 5.74) is 0.533. The summed E-state index contributed by atoms with van der Waals surface area (Å²) in [6, 6.07) is 0. The first-order valence-electron chi connectivity index (χ1n) is 5.07. The molecule has 2 rings (SSSR count). The molecule has 2 aliphatic rings. The third kappa shape index (κ3) is 2.09. The molecule has 86 valence electrons. The van der Waals surface area contributed by atoms with Gasteiger partial charge in [0.1, 0.15) is 5.03 Å². The van der Waals surface area contributed by atoms with E-state index in [0.29, 0.717) is 18.5 Å². The van der Waals surface area contributed by atoms with Crippen LogP contribution in [0.1, 0.15) is 19.3 Å². The molecule has 0 aromatic heterocycles. The Morgan fingerprint density at radius 2 is 2.06 bits per heavy atom. The summed E-state index contributed by atoms with van der Waals surface area (Å²) >= 11 is 5.80. The molecular weight excluding hydrogens is 232 g/mol. The van der Waals surface area contributed by atoms with Crippen molar-refractivity contribution in [3.8, 4) is 0 Å². The molecule has 2 heterocycles. The number of carbonyl (C=O) groups is 3. The fourth-order valence-electron chi connectivity index (χ4n) is 1.88. The lowest BCUT2D eigenvalue weighted by Gasteiger charge is -2.21. The number of imide groups is 1. The Hall–Kier alpha value is -1.36. The lowest BCUT2D eigenvalue weighted by Crippen LogP contribution is -2.38. The van der Waals surface area contributed by atoms with Gasteiger partial charge in [0.05, 0.1) is 6.42 Å². The average Bonchev–Trinajstić information content (AvgIpc) is 2.60. The first-order chi connectivity index (χ1) is 7.58. The molecule has 0 atom stereocenters. The van der Waals surface area contributed by atoms with Crippen LogP contribution in [0.5, 0.6) is 0 Å². The maximum atomic E-state index is 11.4. The van der Waals surface area contributed by atoms with Crippen LogP contribution in [0.25, 0.3) is 0 Å². The van der Waals surface area contributed by atoms with Crippen LogP contribution in [0.15, 0.2) is 10.6 Å². The SMILES string of the molecule is O=C1CC(CN2CCCC2=O)=C(Cl)C(=O)N1. The number of hydrogen-bond donors (Lipinski definition) is 1. The second kappa shape index (κ2) is 4.25. The van der Waals surface area contributed by atoms with Crippen LogP contribution >= 0.6 is 11.6 Å². The highest BCUT2D eigenvalue weighted by Gasteiger charge is 2.28. The lowest BCUT2D eigenvalue weighted by molar-refractivity contribution is -0.130. The van der Waals surface area contributed by atoms with Crippen LogP contribution in [0.4, 0.5) is 0 Å². The molecule has 5 nitrogen and oxygen atoms in total. The van der Waals surface area contributed by atoms with Gasteiger partial charge in [-0.15, -0.1) is 0 Å². The predicted molar refractivity (Wildman–Crippen MR) is 56.5 cm³/mol. The molecule has 0 radical (unpaired) electrons. The number of nitrogens with zero attached hydrogens (tertiary/aromatic N) is 1. The summed E-state index contributed by atoms with van der Waals surface area (Å²) in [6.45, 7) is 0.957. The summed E-state index contributed by atoms with van der Waals surface area (Å²) in [5.74, 6) is -0.883. The summed E-state index contributed by atoms with van der Waals surface area (Å²) in [6.07, 6.45) is 1.45. The minimum atomic E-state index is -0.570. The molecule has 1 N–H and O–H groups in total. The molecule has 0 aromatic carbocycles. The van der Waals surface area contributed by atoms with Crippen LogP contribution in [0, 0.1) is 0 Å². The highest BCUT2D eigenvalue weighted by molar-refractivity contribution is 6.44. The minimum absolute atomic E-state index is 0.0410. The Morgan fingerprint density at radius 1 is 1.31 bits per heavy atom. The lowest BCUT2D eigenvalue weighted by atomic mass is 10.1. The third-order valence-electron chi connectivity index (χ3n) is 2.69. The molecule has 1 fully saturated rings. The average molecular weight is 243 g/mol. The number of amides is 3. The largest absolute Gasteiger partial charge is 0.339 e. The maximum absolute atomic E-state index is 11.4. The molecule has 16 heavy (non-hydrogen) atoms. The van der Waals surface area contributed by atoms with Gasteiger partial charge >= 0.3 is 0 Å². The van der Waals surface area contributed by atoms with Gasteiger partial charge in [-0.2, -0.15) is 0 Å². The topological polar surface area (TPSA) is 66.5 Å². The zero-order chi connectivity index (χ0) is 11.7. The third-order valence-corrected chi connectivity index (χ3v) is 3.13. The second-order valence-electron chi connectivity index (χ2n) is 3.89. The van der Waals surface area contributed by atoms with E-state index in [9.17, 15) is 14.4 Å². The normalized spacial score (nSPS) is 21.8. The van der Waals surface area contributed by atoms with E-state index in [1.807, 2.05) is 0 Å². The van der Waals surface area contributed by atoms with Crippen molar-refractivity contribution in [2.24, 2.45) is 0 Å². The van der Waals surface area contributed by atoms with Crippen molar-refractivity contribution in [2.75, 3.05) is 13.1 Å². The molecule has 0 unspecified atom stereocenters. The molecule has 2 aliphatic heterocycles. The van der Waals surface area contributed by atoms with Crippen LogP contribution in [0.3, 0.4) is 0 Å². The van der Waals surface area contributed by atoms with Crippen molar-refractivity contribution in [3.63, 3.8) is 0 Å². The predicted octanol–water partition coefficient (Wildman–Crippen LogP) is 0.148. The van der Waals surface area contributed by atoms with E-state index in [0.717, 1.165) is 6.42 Å². The van der Waals surface area contributed by atoms with Crippen molar-refractivity contribution in [1.82, 2.24) is 10.2 Å². The van der Waals surface area contributed by atoms with Gasteiger partial charge < -0.3 is 4.90 Å². The summed E-state index contributed by atoms with van der Waals surface area (Å²) in [5, 5.41) is 2.17. The Labute approximate surface area is 97.4 Å². The number of hydrogen-bond acceptors (Lipinski definition) is 3. The highest BCUT2D eigenvalue weighted by Crippen LogP contribution is 2.21. The van der Waals surface area contributed by atoms with Crippen LogP contribution in [-0.2, 0) is 14.4 Å². The maximum Gasteiger partial charge on any atom is 0.269 e. The molecule has 0 bridgehead atoms. The fourth-order valence-corrected chi connectivity index (χ4v) is 2.06. The Kier molecular flexibility index (Phi) is 2.96. The number of carbonyl (C=O) groups excluding carboxylic acids is 3. The molecule has 6 heteroatoms. The van der Waals surface area contributed by atoms with Gasteiger partial charge in [-0.1, -0.05) is 11.6 Å². The van der Waals surface area contributed by atoms with Crippen LogP contribution < -0.4 is 5.32 Å². The van der Waals surface area contributed by atoms with E-state index >= 15 is 0 Å². The van der Waals surface area contributed by atoms with Crippen molar-refractivity contribution in [1.29, 1.82) is 0 Å². The van der Waals surface area contributed by atoms with E-state index in [-0.39, 0.29) is 29.8 Å². The number of halogens is 1. The quantitative estimate of drug-likeness (QED) is 0.701. The molecule has 1 saturated heterocycles. The number of rotatable bonds is 2. The smallest absolute Gasteiger partial charge is 0.269 e. The van der Waals surface area contributed by atoms with E-state index in [1.54, 1.807) is 4.90 Å². The van der Waals surface area contributed by atoms with Crippen molar-refractivity contribution in [3.05, 3.63) is 10.6 Å². The summed E-state index contributed by atoms with van der Waals surface area (Å²) in [4.78, 5) is 35.4. The molecule has 0 saturated carbocycles. The monoisotopic (exact) mass is 242 g/mol. The van der Waals surface area contributed by atoms with Crippen LogP contribution in [-0.4, -0.2) is 35.7 Å². The van der Waals surface area contributed by atoms with E-state index < -0.39 is 5.91 Å². The Balaban J connectivity index is 2.13. The summed E-state index contributed by atoms with van der Waals surface area (Å²) < 4.78 is 0. The van der Waals surface area contributed by atoms with E-state index in [4.69, 9.17) is 11.6 Å². The van der Waals surface area contributed by atoms with E-state index in [1.165, 1.54) is 0 Å². The molecule has 0 aliphatic carbocycles. The number of nitrogens with one attached hydrogen (secondary N) is 1. The zero-order valence-electron chi connectivity index (χ0n) is 8.59. The molecule has 0 aromatic rings. The van der Waals surface area contributed by atoms with Gasteiger partial charge in [-0.05, 0) is 12.0 Å². The minimum Gasteiger partial charge on any atom is -0.339 e.